The monoisotopic (exact) mass is 358 g/mol. The lowest BCUT2D eigenvalue weighted by molar-refractivity contribution is -0.141. The number of hydrogen-bond donors (Lipinski definition) is 1. The van der Waals surface area contributed by atoms with Gasteiger partial charge in [-0.15, -0.1) is 0 Å². The molecule has 1 saturated carbocycles. The zero-order valence-electron chi connectivity index (χ0n) is 16.0. The molecular formula is C21H30N2O3. The van der Waals surface area contributed by atoms with Gasteiger partial charge in [0.25, 0.3) is 0 Å². The third-order valence-corrected chi connectivity index (χ3v) is 5.26. The van der Waals surface area contributed by atoms with Crippen molar-refractivity contribution >= 4 is 12.0 Å². The Balaban J connectivity index is 1.40. The summed E-state index contributed by atoms with van der Waals surface area (Å²) in [6, 6.07) is 10.5. The van der Waals surface area contributed by atoms with Crippen LogP contribution in [0.3, 0.4) is 0 Å². The second-order valence-electron chi connectivity index (χ2n) is 8.55. The number of likely N-dealkylation sites (tertiary alicyclic amines) is 1. The topological polar surface area (TPSA) is 58.6 Å². The molecule has 1 aliphatic heterocycles. The van der Waals surface area contributed by atoms with Gasteiger partial charge in [0.1, 0.15) is 5.60 Å². The molecule has 1 aliphatic carbocycles. The van der Waals surface area contributed by atoms with Gasteiger partial charge >= 0.3 is 6.09 Å². The summed E-state index contributed by atoms with van der Waals surface area (Å²) in [7, 11) is 0. The Morgan fingerprint density at radius 1 is 1.04 bits per heavy atom. The summed E-state index contributed by atoms with van der Waals surface area (Å²) in [5.41, 5.74) is 0.839. The van der Waals surface area contributed by atoms with E-state index in [1.54, 1.807) is 0 Å². The largest absolute Gasteiger partial charge is 0.444 e. The Hall–Kier alpha value is -2.04. The molecule has 1 aromatic carbocycles. The van der Waals surface area contributed by atoms with Gasteiger partial charge in [-0.2, -0.15) is 0 Å². The van der Waals surface area contributed by atoms with Crippen LogP contribution >= 0.6 is 0 Å². The van der Waals surface area contributed by atoms with Gasteiger partial charge < -0.3 is 15.0 Å². The van der Waals surface area contributed by atoms with Crippen LogP contribution < -0.4 is 5.32 Å². The Morgan fingerprint density at radius 3 is 2.23 bits per heavy atom. The fourth-order valence-electron chi connectivity index (χ4n) is 3.81. The highest BCUT2D eigenvalue weighted by Crippen LogP contribution is 2.32. The molecule has 2 fully saturated rings. The molecule has 0 unspecified atom stereocenters. The molecule has 1 saturated heterocycles. The van der Waals surface area contributed by atoms with E-state index in [4.69, 9.17) is 4.74 Å². The van der Waals surface area contributed by atoms with Crippen LogP contribution in [-0.2, 0) is 9.53 Å². The average molecular weight is 358 g/mol. The Labute approximate surface area is 156 Å². The lowest BCUT2D eigenvalue weighted by Crippen LogP contribution is -2.51. The van der Waals surface area contributed by atoms with Gasteiger partial charge in [-0.05, 0) is 52.0 Å². The van der Waals surface area contributed by atoms with Crippen LogP contribution in [0.15, 0.2) is 30.3 Å². The van der Waals surface area contributed by atoms with Crippen molar-refractivity contribution in [3.63, 3.8) is 0 Å². The maximum absolute atomic E-state index is 12.7. The number of alkyl carbamates (subject to hydrolysis) is 1. The summed E-state index contributed by atoms with van der Waals surface area (Å²) in [6.07, 6.45) is 3.00. The molecule has 3 rings (SSSR count). The number of carbonyl (C=O) groups excluding carboxylic acids is 2. The molecule has 0 radical (unpaired) electrons. The predicted molar refractivity (Wildman–Crippen MR) is 101 cm³/mol. The van der Waals surface area contributed by atoms with E-state index in [-0.39, 0.29) is 24.0 Å². The van der Waals surface area contributed by atoms with E-state index in [1.807, 2.05) is 31.7 Å². The quantitative estimate of drug-likeness (QED) is 0.896. The van der Waals surface area contributed by atoms with Crippen molar-refractivity contribution in [3.05, 3.63) is 35.9 Å². The van der Waals surface area contributed by atoms with Crippen LogP contribution in [0, 0.1) is 5.92 Å². The number of rotatable bonds is 3. The molecule has 5 nitrogen and oxygen atoms in total. The fourth-order valence-corrected chi connectivity index (χ4v) is 3.81. The number of ether oxygens (including phenoxy) is 1. The van der Waals surface area contributed by atoms with Crippen molar-refractivity contribution in [2.45, 2.75) is 64.0 Å². The first-order chi connectivity index (χ1) is 12.3. The Kier molecular flexibility index (Phi) is 5.54. The zero-order valence-corrected chi connectivity index (χ0v) is 16.0. The molecule has 2 aliphatic rings. The van der Waals surface area contributed by atoms with E-state index in [9.17, 15) is 9.59 Å². The van der Waals surface area contributed by atoms with Crippen molar-refractivity contribution in [1.29, 1.82) is 0 Å². The van der Waals surface area contributed by atoms with Gasteiger partial charge in [0.15, 0.2) is 0 Å². The number of nitrogens with one attached hydrogen (secondary N) is 1. The van der Waals surface area contributed by atoms with Crippen molar-refractivity contribution in [1.82, 2.24) is 10.2 Å². The molecule has 142 valence electrons. The van der Waals surface area contributed by atoms with Crippen molar-refractivity contribution in [3.8, 4) is 0 Å². The first-order valence-electron chi connectivity index (χ1n) is 9.65. The van der Waals surface area contributed by atoms with Crippen molar-refractivity contribution < 1.29 is 14.3 Å². The Bertz CT molecular complexity index is 624. The van der Waals surface area contributed by atoms with E-state index in [0.717, 1.165) is 38.8 Å². The fraction of sp³-hybridized carbons (Fsp3) is 0.619. The SMILES string of the molecule is CC(C)(C)OC(=O)N[C@H]1CC[C@H](C(=O)N2CC(c3ccccc3)C2)CC1. The van der Waals surface area contributed by atoms with Crippen molar-refractivity contribution in [2.24, 2.45) is 5.92 Å². The number of hydrogen-bond acceptors (Lipinski definition) is 3. The lowest BCUT2D eigenvalue weighted by Gasteiger charge is -2.42. The van der Waals surface area contributed by atoms with Gasteiger partial charge in [-0.25, -0.2) is 4.79 Å². The average Bonchev–Trinajstić information content (AvgIpc) is 2.53. The summed E-state index contributed by atoms with van der Waals surface area (Å²) in [5.74, 6) is 0.863. The standard InChI is InChI=1S/C21H30N2O3/c1-21(2,3)26-20(25)22-18-11-9-16(10-12-18)19(24)23-13-17(14-23)15-7-5-4-6-8-15/h4-8,16-18H,9-14H2,1-3H3,(H,22,25)/t16-,18-. The summed E-state index contributed by atoms with van der Waals surface area (Å²) >= 11 is 0. The predicted octanol–water partition coefficient (Wildman–Crippen LogP) is 3.70. The minimum Gasteiger partial charge on any atom is -0.444 e. The number of carbonyl (C=O) groups is 2. The van der Waals surface area contributed by atoms with Crippen LogP contribution in [-0.4, -0.2) is 41.6 Å². The van der Waals surface area contributed by atoms with E-state index >= 15 is 0 Å². The smallest absolute Gasteiger partial charge is 0.407 e. The molecule has 1 aromatic rings. The number of benzene rings is 1. The summed E-state index contributed by atoms with van der Waals surface area (Å²) in [4.78, 5) is 26.5. The Morgan fingerprint density at radius 2 is 1.65 bits per heavy atom. The summed E-state index contributed by atoms with van der Waals surface area (Å²) < 4.78 is 5.31. The van der Waals surface area contributed by atoms with Crippen LogP contribution in [0.1, 0.15) is 57.9 Å². The molecule has 1 N–H and O–H groups in total. The van der Waals surface area contributed by atoms with Crippen LogP contribution in [0.4, 0.5) is 4.79 Å². The highest BCUT2D eigenvalue weighted by Gasteiger charge is 2.36. The third-order valence-electron chi connectivity index (χ3n) is 5.26. The second kappa shape index (κ2) is 7.68. The first kappa shape index (κ1) is 18.7. The second-order valence-corrected chi connectivity index (χ2v) is 8.55. The lowest BCUT2D eigenvalue weighted by atomic mass is 9.83. The van der Waals surface area contributed by atoms with E-state index in [1.165, 1.54) is 5.56 Å². The number of amides is 2. The van der Waals surface area contributed by atoms with Gasteiger partial charge in [0, 0.05) is 31.0 Å². The van der Waals surface area contributed by atoms with Crippen molar-refractivity contribution in [2.75, 3.05) is 13.1 Å². The molecule has 26 heavy (non-hydrogen) atoms. The minimum atomic E-state index is -0.482. The van der Waals surface area contributed by atoms with Crippen LogP contribution in [0.2, 0.25) is 0 Å². The van der Waals surface area contributed by atoms with Gasteiger partial charge in [-0.1, -0.05) is 30.3 Å². The first-order valence-corrected chi connectivity index (χ1v) is 9.65. The van der Waals surface area contributed by atoms with Gasteiger partial charge in [-0.3, -0.25) is 4.79 Å². The molecule has 0 spiro atoms. The van der Waals surface area contributed by atoms with E-state index < -0.39 is 5.60 Å². The maximum Gasteiger partial charge on any atom is 0.407 e. The van der Waals surface area contributed by atoms with E-state index in [2.05, 4.69) is 29.6 Å². The normalized spacial score (nSPS) is 23.9. The molecule has 0 aromatic heterocycles. The molecule has 0 bridgehead atoms. The highest BCUT2D eigenvalue weighted by atomic mass is 16.6. The van der Waals surface area contributed by atoms with Gasteiger partial charge in [0.2, 0.25) is 5.91 Å². The number of nitrogens with zero attached hydrogens (tertiary/aromatic N) is 1. The zero-order chi connectivity index (χ0) is 18.7. The highest BCUT2D eigenvalue weighted by molar-refractivity contribution is 5.80. The molecule has 0 atom stereocenters. The molecular weight excluding hydrogens is 328 g/mol. The molecule has 5 heteroatoms. The van der Waals surface area contributed by atoms with Crippen LogP contribution in [0.5, 0.6) is 0 Å². The van der Waals surface area contributed by atoms with Crippen LogP contribution in [0.25, 0.3) is 0 Å². The molecule has 2 amide bonds. The summed E-state index contributed by atoms with van der Waals surface area (Å²) in [5, 5.41) is 2.93. The summed E-state index contributed by atoms with van der Waals surface area (Å²) in [6.45, 7) is 7.24. The van der Waals surface area contributed by atoms with Gasteiger partial charge in [0.05, 0.1) is 0 Å². The molecule has 1 heterocycles. The van der Waals surface area contributed by atoms with E-state index in [0.29, 0.717) is 5.92 Å². The third kappa shape index (κ3) is 4.77. The minimum absolute atomic E-state index is 0.100. The maximum atomic E-state index is 12.7.